The Bertz CT molecular complexity index is 1220. The Balaban J connectivity index is 1.39. The Morgan fingerprint density at radius 3 is 2.57 bits per heavy atom. The zero-order valence-corrected chi connectivity index (χ0v) is 21.1. The van der Waals surface area contributed by atoms with Crippen molar-refractivity contribution < 1.29 is 14.3 Å². The summed E-state index contributed by atoms with van der Waals surface area (Å²) >= 11 is 1.48. The molecule has 0 radical (unpaired) electrons. The third kappa shape index (κ3) is 4.89. The summed E-state index contributed by atoms with van der Waals surface area (Å²) in [6.45, 7) is 4.44. The lowest BCUT2D eigenvalue weighted by molar-refractivity contribution is -0.117. The van der Waals surface area contributed by atoms with Gasteiger partial charge in [0.05, 0.1) is 25.3 Å². The van der Waals surface area contributed by atoms with Gasteiger partial charge in [-0.2, -0.15) is 0 Å². The van der Waals surface area contributed by atoms with Crippen LogP contribution >= 0.6 is 11.3 Å². The Kier molecular flexibility index (Phi) is 7.00. The van der Waals surface area contributed by atoms with Crippen LogP contribution in [0.15, 0.2) is 54.6 Å². The first kappa shape index (κ1) is 23.7. The van der Waals surface area contributed by atoms with Crippen LogP contribution in [-0.2, 0) is 16.0 Å². The summed E-state index contributed by atoms with van der Waals surface area (Å²) in [5.74, 6) is -0.147. The molecule has 2 amide bonds. The minimum Gasteiger partial charge on any atom is -0.378 e. The van der Waals surface area contributed by atoms with E-state index in [0.29, 0.717) is 36.9 Å². The molecular weight excluding hydrogens is 458 g/mol. The zero-order chi connectivity index (χ0) is 24.4. The molecule has 7 heteroatoms. The third-order valence-corrected chi connectivity index (χ3v) is 8.23. The van der Waals surface area contributed by atoms with Crippen molar-refractivity contribution in [2.75, 3.05) is 45.2 Å². The molecule has 2 aromatic carbocycles. The predicted octanol–water partition coefficient (Wildman–Crippen LogP) is 4.75. The minimum absolute atomic E-state index is 0.0439. The number of carbonyl (C=O) groups excluding carboxylic acids is 2. The van der Waals surface area contributed by atoms with Gasteiger partial charge in [-0.25, -0.2) is 0 Å². The van der Waals surface area contributed by atoms with E-state index in [1.54, 1.807) is 0 Å². The molecule has 6 nitrogen and oxygen atoms in total. The Morgan fingerprint density at radius 2 is 1.80 bits per heavy atom. The molecule has 2 aliphatic rings. The molecule has 1 fully saturated rings. The number of amides is 2. The SMILES string of the molecule is Cc1c(-c2ccccc2)sc(NC(=O)CN(C)C2CCc3ccccc32)c1C(=O)N1CCOCC1. The summed E-state index contributed by atoms with van der Waals surface area (Å²) in [7, 11) is 2.00. The molecule has 2 heterocycles. The van der Waals surface area contributed by atoms with Gasteiger partial charge in [0.1, 0.15) is 5.00 Å². The van der Waals surface area contributed by atoms with Crippen molar-refractivity contribution >= 4 is 28.2 Å². The number of nitrogens with zero attached hydrogens (tertiary/aromatic N) is 2. The topological polar surface area (TPSA) is 61.9 Å². The average Bonchev–Trinajstić information content (AvgIpc) is 3.45. The van der Waals surface area contributed by atoms with Crippen molar-refractivity contribution in [3.8, 4) is 10.4 Å². The van der Waals surface area contributed by atoms with Gasteiger partial charge in [-0.15, -0.1) is 11.3 Å². The monoisotopic (exact) mass is 489 g/mol. The fraction of sp³-hybridized carbons (Fsp3) is 0.357. The van der Waals surface area contributed by atoms with E-state index in [4.69, 9.17) is 4.74 Å². The summed E-state index contributed by atoms with van der Waals surface area (Å²) in [5, 5.41) is 3.73. The Morgan fingerprint density at radius 1 is 1.09 bits per heavy atom. The van der Waals surface area contributed by atoms with Gasteiger partial charge in [0.15, 0.2) is 0 Å². The highest BCUT2D eigenvalue weighted by Gasteiger charge is 2.30. The molecule has 35 heavy (non-hydrogen) atoms. The maximum absolute atomic E-state index is 13.6. The average molecular weight is 490 g/mol. The molecule has 0 saturated carbocycles. The molecule has 0 spiro atoms. The number of rotatable bonds is 6. The van der Waals surface area contributed by atoms with Crippen LogP contribution in [0.2, 0.25) is 0 Å². The lowest BCUT2D eigenvalue weighted by Crippen LogP contribution is -2.41. The van der Waals surface area contributed by atoms with E-state index >= 15 is 0 Å². The highest BCUT2D eigenvalue weighted by Crippen LogP contribution is 2.41. The highest BCUT2D eigenvalue weighted by molar-refractivity contribution is 7.20. The van der Waals surface area contributed by atoms with Gasteiger partial charge in [-0.1, -0.05) is 54.6 Å². The number of carbonyl (C=O) groups is 2. The second-order valence-corrected chi connectivity index (χ2v) is 10.3. The molecule has 1 atom stereocenters. The molecule has 1 unspecified atom stereocenters. The third-order valence-electron chi connectivity index (χ3n) is 6.97. The normalized spacial score (nSPS) is 17.5. The number of aryl methyl sites for hydroxylation is 1. The maximum Gasteiger partial charge on any atom is 0.257 e. The van der Waals surface area contributed by atoms with Crippen molar-refractivity contribution in [2.45, 2.75) is 25.8 Å². The van der Waals surface area contributed by atoms with Crippen molar-refractivity contribution in [3.05, 3.63) is 76.9 Å². The Hall–Kier alpha value is -3.00. The largest absolute Gasteiger partial charge is 0.378 e. The highest BCUT2D eigenvalue weighted by atomic mass is 32.1. The van der Waals surface area contributed by atoms with Crippen LogP contribution < -0.4 is 5.32 Å². The van der Waals surface area contributed by atoms with Crippen LogP contribution in [0.25, 0.3) is 10.4 Å². The van der Waals surface area contributed by atoms with E-state index in [1.807, 2.05) is 49.2 Å². The first-order valence-electron chi connectivity index (χ1n) is 12.2. The van der Waals surface area contributed by atoms with Gasteiger partial charge in [0.2, 0.25) is 5.91 Å². The van der Waals surface area contributed by atoms with Crippen molar-refractivity contribution in [1.82, 2.24) is 9.80 Å². The molecule has 182 valence electrons. The summed E-state index contributed by atoms with van der Waals surface area (Å²) in [4.78, 5) is 31.7. The Labute approximate surface area is 210 Å². The number of fused-ring (bicyclic) bond motifs is 1. The van der Waals surface area contributed by atoms with E-state index in [-0.39, 0.29) is 24.4 Å². The number of anilines is 1. The van der Waals surface area contributed by atoms with Crippen LogP contribution in [0.5, 0.6) is 0 Å². The molecule has 0 bridgehead atoms. The molecule has 1 aliphatic carbocycles. The standard InChI is InChI=1S/C28H31N3O3S/c1-19-25(28(33)31-14-16-34-17-15-31)27(35-26(19)21-9-4-3-5-10-21)29-24(32)18-30(2)23-13-12-20-8-6-7-11-22(20)23/h3-11,23H,12-18H2,1-2H3,(H,29,32). The second-order valence-electron chi connectivity index (χ2n) is 9.25. The predicted molar refractivity (Wildman–Crippen MR) is 140 cm³/mol. The number of ether oxygens (including phenoxy) is 1. The summed E-state index contributed by atoms with van der Waals surface area (Å²) < 4.78 is 5.44. The van der Waals surface area contributed by atoms with E-state index in [2.05, 4.69) is 34.5 Å². The van der Waals surface area contributed by atoms with Gasteiger partial charge in [-0.3, -0.25) is 14.5 Å². The molecule has 1 aromatic heterocycles. The number of nitrogens with one attached hydrogen (secondary N) is 1. The summed E-state index contributed by atoms with van der Waals surface area (Å²) in [6.07, 6.45) is 2.05. The maximum atomic E-state index is 13.6. The fourth-order valence-corrected chi connectivity index (χ4v) is 6.36. The smallest absolute Gasteiger partial charge is 0.257 e. The van der Waals surface area contributed by atoms with Crippen LogP contribution in [0.3, 0.4) is 0 Å². The number of thiophene rings is 1. The van der Waals surface area contributed by atoms with E-state index < -0.39 is 0 Å². The van der Waals surface area contributed by atoms with Crippen LogP contribution in [0.4, 0.5) is 5.00 Å². The quantitative estimate of drug-likeness (QED) is 0.543. The molecule has 5 rings (SSSR count). The van der Waals surface area contributed by atoms with Crippen LogP contribution in [0, 0.1) is 6.92 Å². The summed E-state index contributed by atoms with van der Waals surface area (Å²) in [6, 6.07) is 18.7. The lowest BCUT2D eigenvalue weighted by atomic mass is 10.1. The number of likely N-dealkylation sites (N-methyl/N-ethyl adjacent to an activating group) is 1. The lowest BCUT2D eigenvalue weighted by Gasteiger charge is -2.27. The van der Waals surface area contributed by atoms with Gasteiger partial charge in [0.25, 0.3) is 5.91 Å². The van der Waals surface area contributed by atoms with Crippen molar-refractivity contribution in [3.63, 3.8) is 0 Å². The number of hydrogen-bond donors (Lipinski definition) is 1. The van der Waals surface area contributed by atoms with E-state index in [0.717, 1.165) is 28.8 Å². The zero-order valence-electron chi connectivity index (χ0n) is 20.3. The van der Waals surface area contributed by atoms with Gasteiger partial charge in [0, 0.05) is 24.0 Å². The number of benzene rings is 2. The minimum atomic E-state index is -0.103. The van der Waals surface area contributed by atoms with Gasteiger partial charge >= 0.3 is 0 Å². The molecule has 1 N–H and O–H groups in total. The number of hydrogen-bond acceptors (Lipinski definition) is 5. The first-order chi connectivity index (χ1) is 17.0. The fourth-order valence-electron chi connectivity index (χ4n) is 5.14. The number of morpholine rings is 1. The van der Waals surface area contributed by atoms with Crippen molar-refractivity contribution in [2.24, 2.45) is 0 Å². The second kappa shape index (κ2) is 10.3. The molecular formula is C28H31N3O3S. The molecule has 1 saturated heterocycles. The van der Waals surface area contributed by atoms with E-state index in [9.17, 15) is 9.59 Å². The van der Waals surface area contributed by atoms with Gasteiger partial charge in [-0.05, 0) is 49.1 Å². The van der Waals surface area contributed by atoms with Crippen molar-refractivity contribution in [1.29, 1.82) is 0 Å². The molecule has 1 aliphatic heterocycles. The molecule has 3 aromatic rings. The van der Waals surface area contributed by atoms with E-state index in [1.165, 1.54) is 22.5 Å². The first-order valence-corrected chi connectivity index (χ1v) is 13.0. The summed E-state index contributed by atoms with van der Waals surface area (Å²) in [5.41, 5.74) is 5.23. The van der Waals surface area contributed by atoms with Crippen LogP contribution in [0.1, 0.15) is 39.5 Å². The van der Waals surface area contributed by atoms with Crippen LogP contribution in [-0.4, -0.2) is 61.5 Å². The van der Waals surface area contributed by atoms with Gasteiger partial charge < -0.3 is 15.0 Å².